The Balaban J connectivity index is 1.33. The lowest BCUT2D eigenvalue weighted by Gasteiger charge is -2.54. The van der Waals surface area contributed by atoms with Crippen molar-refractivity contribution in [3.05, 3.63) is 217 Å². The van der Waals surface area contributed by atoms with Crippen molar-refractivity contribution < 1.29 is 0 Å². The van der Waals surface area contributed by atoms with Gasteiger partial charge < -0.3 is 4.90 Å². The molecule has 0 bridgehead atoms. The third-order valence-corrected chi connectivity index (χ3v) is 12.3. The predicted molar refractivity (Wildman–Crippen MR) is 233 cm³/mol. The van der Waals surface area contributed by atoms with E-state index in [1.165, 1.54) is 11.1 Å². The van der Waals surface area contributed by atoms with E-state index < -0.39 is 11.0 Å². The topological polar surface area (TPSA) is 52.8 Å². The highest BCUT2D eigenvalue weighted by Gasteiger charge is 2.70. The van der Waals surface area contributed by atoms with Crippen LogP contribution < -0.4 is 4.90 Å². The molecule has 4 heteroatoms. The maximum Gasteiger partial charge on any atom is 0.109 e. The van der Waals surface area contributed by atoms with Crippen LogP contribution in [0.1, 0.15) is 83.7 Å². The van der Waals surface area contributed by atoms with Gasteiger partial charge in [0.25, 0.3) is 0 Å². The van der Waals surface area contributed by atoms with E-state index in [1.54, 1.807) is 0 Å². The van der Waals surface area contributed by atoms with Crippen LogP contribution in [-0.4, -0.2) is 16.7 Å². The SMILES string of the molecule is C#Cc1ccc(C#Cc2ccc3c(c2)C2(c4cc(C#Cc5ccc(C#C)cc5)ccc4-3)c3c(C)nnc(C)c3N3CCc4ccccc4C32c2ccc(C#N)cc2)cc1. The molecule has 0 saturated heterocycles. The van der Waals surface area contributed by atoms with Crippen LogP contribution in [0, 0.1) is 73.5 Å². The van der Waals surface area contributed by atoms with Gasteiger partial charge in [-0.1, -0.05) is 84.1 Å². The summed E-state index contributed by atoms with van der Waals surface area (Å²) < 4.78 is 0. The zero-order valence-electron chi connectivity index (χ0n) is 32.6. The van der Waals surface area contributed by atoms with Gasteiger partial charge in [-0.15, -0.1) is 12.8 Å². The second-order valence-electron chi connectivity index (χ2n) is 15.3. The van der Waals surface area contributed by atoms with Gasteiger partial charge in [0.05, 0.1) is 34.1 Å². The van der Waals surface area contributed by atoms with Gasteiger partial charge in [0.1, 0.15) is 5.54 Å². The molecule has 0 radical (unpaired) electrons. The molecule has 1 aromatic heterocycles. The van der Waals surface area contributed by atoms with E-state index in [0.29, 0.717) is 5.56 Å². The average molecular weight is 751 g/mol. The van der Waals surface area contributed by atoms with Crippen molar-refractivity contribution in [2.75, 3.05) is 11.4 Å². The number of nitrogens with zero attached hydrogens (tertiary/aromatic N) is 4. The van der Waals surface area contributed by atoms with Crippen molar-refractivity contribution in [1.82, 2.24) is 10.2 Å². The first-order chi connectivity index (χ1) is 28.9. The first-order valence-corrected chi connectivity index (χ1v) is 19.6. The van der Waals surface area contributed by atoms with Crippen LogP contribution in [0.5, 0.6) is 0 Å². The Morgan fingerprint density at radius 2 is 1.05 bits per heavy atom. The molecule has 3 aliphatic rings. The normalized spacial score (nSPS) is 15.7. The predicted octanol–water partition coefficient (Wildman–Crippen LogP) is 9.36. The van der Waals surface area contributed by atoms with Gasteiger partial charge in [-0.25, -0.2) is 0 Å². The van der Waals surface area contributed by atoms with Crippen LogP contribution in [0.4, 0.5) is 5.69 Å². The summed E-state index contributed by atoms with van der Waals surface area (Å²) in [5.74, 6) is 19.2. The van der Waals surface area contributed by atoms with Crippen molar-refractivity contribution >= 4 is 5.69 Å². The van der Waals surface area contributed by atoms with E-state index in [1.807, 2.05) is 60.7 Å². The number of terminal acetylenes is 2. The number of aromatic nitrogens is 2. The van der Waals surface area contributed by atoms with Gasteiger partial charge in [-0.2, -0.15) is 15.5 Å². The number of benzene rings is 6. The molecular formula is C55H34N4. The fourth-order valence-corrected chi connectivity index (χ4v) is 9.92. The summed E-state index contributed by atoms with van der Waals surface area (Å²) in [6, 6.07) is 48.2. The van der Waals surface area contributed by atoms with E-state index in [4.69, 9.17) is 23.0 Å². The molecule has 0 N–H and O–H groups in total. The largest absolute Gasteiger partial charge is 0.354 e. The third-order valence-electron chi connectivity index (χ3n) is 12.3. The summed E-state index contributed by atoms with van der Waals surface area (Å²) in [6.07, 6.45) is 12.1. The van der Waals surface area contributed by atoms with E-state index in [0.717, 1.165) is 96.8 Å². The molecule has 1 spiro atoms. The smallest absolute Gasteiger partial charge is 0.109 e. The van der Waals surface area contributed by atoms with Crippen LogP contribution in [0.15, 0.2) is 133 Å². The van der Waals surface area contributed by atoms with Crippen molar-refractivity contribution in [3.63, 3.8) is 0 Å². The van der Waals surface area contributed by atoms with E-state index in [-0.39, 0.29) is 0 Å². The van der Waals surface area contributed by atoms with Crippen LogP contribution in [0.3, 0.4) is 0 Å². The summed E-state index contributed by atoms with van der Waals surface area (Å²) in [5, 5.41) is 19.7. The Morgan fingerprint density at radius 3 is 1.61 bits per heavy atom. The standard InChI is InChI=1S/C55H34N4/c1-5-38-11-15-40(16-12-38)19-21-42-25-29-47-48-30-26-43(22-20-41-17-13-39(6-2)14-18-41)34-51(48)54(50(47)33-42)52-36(3)57-58-37(4)53(52)59-32-31-45-9-7-8-10-49(45)55(54,59)46-27-23-44(35-56)24-28-46/h1-2,7-18,23-30,33-34H,31-32H2,3-4H3. The monoisotopic (exact) mass is 750 g/mol. The van der Waals surface area contributed by atoms with Gasteiger partial charge in [0, 0.05) is 45.5 Å². The zero-order valence-corrected chi connectivity index (χ0v) is 32.6. The number of anilines is 1. The highest BCUT2D eigenvalue weighted by atomic mass is 15.3. The second-order valence-corrected chi connectivity index (χ2v) is 15.3. The number of fused-ring (bicyclic) bond motifs is 12. The Bertz CT molecular complexity index is 3040. The zero-order chi connectivity index (χ0) is 40.3. The number of nitriles is 1. The van der Waals surface area contributed by atoms with Gasteiger partial charge in [-0.05, 0) is 144 Å². The molecule has 59 heavy (non-hydrogen) atoms. The minimum Gasteiger partial charge on any atom is -0.354 e. The minimum absolute atomic E-state index is 0.606. The molecule has 3 heterocycles. The van der Waals surface area contributed by atoms with Gasteiger partial charge in [-0.3, -0.25) is 0 Å². The molecule has 4 nitrogen and oxygen atoms in total. The molecule has 0 amide bonds. The summed E-state index contributed by atoms with van der Waals surface area (Å²) in [7, 11) is 0. The Kier molecular flexibility index (Phi) is 8.12. The number of aryl methyl sites for hydroxylation is 2. The summed E-state index contributed by atoms with van der Waals surface area (Å²) in [5.41, 5.74) is 16.1. The molecule has 2 aliphatic heterocycles. The molecule has 6 aromatic carbocycles. The Morgan fingerprint density at radius 1 is 0.559 bits per heavy atom. The fourth-order valence-electron chi connectivity index (χ4n) is 9.92. The van der Waals surface area contributed by atoms with E-state index in [2.05, 4.69) is 133 Å². The first kappa shape index (κ1) is 35.4. The van der Waals surface area contributed by atoms with Crippen molar-refractivity contribution in [2.45, 2.75) is 31.2 Å². The highest BCUT2D eigenvalue weighted by molar-refractivity contribution is 5.93. The van der Waals surface area contributed by atoms with Crippen LogP contribution in [0.2, 0.25) is 0 Å². The van der Waals surface area contributed by atoms with Gasteiger partial charge >= 0.3 is 0 Å². The summed E-state index contributed by atoms with van der Waals surface area (Å²) in [4.78, 5) is 2.60. The second kappa shape index (κ2) is 13.5. The fraction of sp³-hybridized carbons (Fsp3) is 0.109. The highest BCUT2D eigenvalue weighted by Crippen LogP contribution is 2.72. The summed E-state index contributed by atoms with van der Waals surface area (Å²) >= 11 is 0. The first-order valence-electron chi connectivity index (χ1n) is 19.6. The third kappa shape index (κ3) is 5.10. The van der Waals surface area contributed by atoms with Crippen LogP contribution in [0.25, 0.3) is 11.1 Å². The number of rotatable bonds is 1. The van der Waals surface area contributed by atoms with Crippen LogP contribution >= 0.6 is 0 Å². The molecule has 1 aliphatic carbocycles. The molecule has 1 unspecified atom stereocenters. The molecule has 0 fully saturated rings. The average Bonchev–Trinajstić information content (AvgIpc) is 3.75. The lowest BCUT2D eigenvalue weighted by molar-refractivity contribution is 0.358. The molecule has 1 atom stereocenters. The lowest BCUT2D eigenvalue weighted by atomic mass is 9.55. The maximum atomic E-state index is 10.0. The van der Waals surface area contributed by atoms with Crippen molar-refractivity contribution in [1.29, 1.82) is 5.26 Å². The quantitative estimate of drug-likeness (QED) is 0.157. The molecule has 10 rings (SSSR count). The Hall–Kier alpha value is -8.07. The minimum atomic E-state index is -0.860. The van der Waals surface area contributed by atoms with Crippen molar-refractivity contribution in [3.8, 4) is 65.6 Å². The van der Waals surface area contributed by atoms with Gasteiger partial charge in [0.2, 0.25) is 0 Å². The lowest BCUT2D eigenvalue weighted by Crippen LogP contribution is -2.59. The number of hydrogen-bond donors (Lipinski definition) is 0. The van der Waals surface area contributed by atoms with Crippen LogP contribution in [-0.2, 0) is 17.4 Å². The molecule has 274 valence electrons. The number of hydrogen-bond acceptors (Lipinski definition) is 4. The molecule has 0 saturated carbocycles. The summed E-state index contributed by atoms with van der Waals surface area (Å²) in [6.45, 7) is 4.92. The maximum absolute atomic E-state index is 10.0. The molecule has 7 aromatic rings. The molecular weight excluding hydrogens is 717 g/mol. The van der Waals surface area contributed by atoms with Gasteiger partial charge in [0.15, 0.2) is 0 Å². The van der Waals surface area contributed by atoms with Crippen molar-refractivity contribution in [2.24, 2.45) is 0 Å². The van der Waals surface area contributed by atoms with E-state index in [9.17, 15) is 5.26 Å². The Labute approximate surface area is 345 Å². The van der Waals surface area contributed by atoms with E-state index >= 15 is 0 Å².